The topological polar surface area (TPSA) is 41.6 Å². The third-order valence-corrected chi connectivity index (χ3v) is 4.00. The van der Waals surface area contributed by atoms with Gasteiger partial charge in [-0.3, -0.25) is 4.79 Å². The van der Waals surface area contributed by atoms with Crippen LogP contribution in [0.1, 0.15) is 6.42 Å². The zero-order valence-electron chi connectivity index (χ0n) is 8.95. The Morgan fingerprint density at radius 2 is 2.07 bits per heavy atom. The lowest BCUT2D eigenvalue weighted by molar-refractivity contribution is -0.139. The second-order valence-corrected chi connectivity index (χ2v) is 4.99. The molecule has 3 aliphatic heterocycles. The molecular weight excluding hydrogens is 192 g/mol. The van der Waals surface area contributed by atoms with Crippen molar-refractivity contribution in [3.63, 3.8) is 0 Å². The fourth-order valence-corrected chi connectivity index (χ4v) is 2.78. The lowest BCUT2D eigenvalue weighted by atomic mass is 9.87. The molecule has 0 aromatic rings. The molecule has 4 nitrogen and oxygen atoms in total. The van der Waals surface area contributed by atoms with E-state index < -0.39 is 0 Å². The number of nitrogens with zero attached hydrogens (tertiary/aromatic N) is 1. The van der Waals surface area contributed by atoms with Gasteiger partial charge in [-0.25, -0.2) is 0 Å². The Balaban J connectivity index is 1.60. The van der Waals surface area contributed by atoms with Crippen LogP contribution < -0.4 is 5.32 Å². The molecule has 3 saturated heterocycles. The summed E-state index contributed by atoms with van der Waals surface area (Å²) in [6.07, 6.45) is 1.14. The van der Waals surface area contributed by atoms with Crippen LogP contribution in [0, 0.1) is 17.8 Å². The van der Waals surface area contributed by atoms with Crippen LogP contribution in [0.5, 0.6) is 0 Å². The highest BCUT2D eigenvalue weighted by Gasteiger charge is 2.38. The zero-order chi connectivity index (χ0) is 10.3. The van der Waals surface area contributed by atoms with Gasteiger partial charge in [0.05, 0.1) is 12.5 Å². The van der Waals surface area contributed by atoms with E-state index in [1.165, 1.54) is 0 Å². The fraction of sp³-hybridized carbons (Fsp3) is 0.909. The minimum atomic E-state index is 0.254. The standard InChI is InChI=1S/C11H18N2O2/c14-11(9-3-12-4-9)13-2-1-8-6-15-7-10(8)5-13/h8-10,12H,1-7H2/t8-,10-/m0/s1. The third-order valence-electron chi connectivity index (χ3n) is 4.00. The lowest BCUT2D eigenvalue weighted by Crippen LogP contribution is -2.54. The number of fused-ring (bicyclic) bond motifs is 1. The summed E-state index contributed by atoms with van der Waals surface area (Å²) >= 11 is 0. The lowest BCUT2D eigenvalue weighted by Gasteiger charge is -2.38. The van der Waals surface area contributed by atoms with E-state index in [2.05, 4.69) is 10.2 Å². The molecule has 0 radical (unpaired) electrons. The van der Waals surface area contributed by atoms with Crippen LogP contribution in [0.4, 0.5) is 0 Å². The summed E-state index contributed by atoms with van der Waals surface area (Å²) in [6, 6.07) is 0. The van der Waals surface area contributed by atoms with Gasteiger partial charge in [0.2, 0.25) is 5.91 Å². The Labute approximate surface area is 90.0 Å². The molecule has 1 amide bonds. The number of hydrogen-bond acceptors (Lipinski definition) is 3. The van der Waals surface area contributed by atoms with E-state index in [4.69, 9.17) is 4.74 Å². The smallest absolute Gasteiger partial charge is 0.228 e. The predicted molar refractivity (Wildman–Crippen MR) is 55.4 cm³/mol. The molecule has 0 aliphatic carbocycles. The second-order valence-electron chi connectivity index (χ2n) is 4.99. The highest BCUT2D eigenvalue weighted by atomic mass is 16.5. The number of likely N-dealkylation sites (tertiary alicyclic amines) is 1. The van der Waals surface area contributed by atoms with Crippen LogP contribution in [-0.4, -0.2) is 50.2 Å². The number of rotatable bonds is 1. The normalized spacial score (nSPS) is 36.1. The molecule has 2 atom stereocenters. The molecule has 3 aliphatic rings. The number of piperidine rings is 1. The molecule has 3 fully saturated rings. The van der Waals surface area contributed by atoms with Crippen molar-refractivity contribution < 1.29 is 9.53 Å². The highest BCUT2D eigenvalue weighted by Crippen LogP contribution is 2.30. The van der Waals surface area contributed by atoms with E-state index in [9.17, 15) is 4.79 Å². The van der Waals surface area contributed by atoms with E-state index in [0.717, 1.165) is 45.8 Å². The van der Waals surface area contributed by atoms with Gasteiger partial charge in [0.1, 0.15) is 0 Å². The first-order chi connectivity index (χ1) is 7.34. The molecule has 15 heavy (non-hydrogen) atoms. The molecule has 0 saturated carbocycles. The van der Waals surface area contributed by atoms with Crippen molar-refractivity contribution >= 4 is 5.91 Å². The van der Waals surface area contributed by atoms with Crippen molar-refractivity contribution in [3.05, 3.63) is 0 Å². The molecule has 0 spiro atoms. The van der Waals surface area contributed by atoms with Gasteiger partial charge in [0.15, 0.2) is 0 Å². The Kier molecular flexibility index (Phi) is 2.41. The number of hydrogen-bond donors (Lipinski definition) is 1. The maximum Gasteiger partial charge on any atom is 0.228 e. The van der Waals surface area contributed by atoms with Crippen molar-refractivity contribution in [2.75, 3.05) is 39.4 Å². The predicted octanol–water partition coefficient (Wildman–Crippen LogP) is -0.299. The minimum absolute atomic E-state index is 0.254. The van der Waals surface area contributed by atoms with Crippen molar-refractivity contribution in [3.8, 4) is 0 Å². The average Bonchev–Trinajstić information content (AvgIpc) is 2.61. The van der Waals surface area contributed by atoms with Crippen LogP contribution in [0.15, 0.2) is 0 Å². The van der Waals surface area contributed by atoms with Gasteiger partial charge in [0, 0.05) is 38.7 Å². The molecule has 0 aromatic heterocycles. The summed E-state index contributed by atoms with van der Waals surface area (Å²) in [7, 11) is 0. The maximum atomic E-state index is 12.0. The molecule has 0 unspecified atom stereocenters. The molecular formula is C11H18N2O2. The van der Waals surface area contributed by atoms with Crippen LogP contribution in [-0.2, 0) is 9.53 Å². The summed E-state index contributed by atoms with van der Waals surface area (Å²) in [6.45, 7) is 5.40. The SMILES string of the molecule is O=C(C1CNC1)N1CC[C@H]2COC[C@@H]2C1. The number of nitrogens with one attached hydrogen (secondary N) is 1. The first-order valence-electron chi connectivity index (χ1n) is 5.92. The van der Waals surface area contributed by atoms with Crippen molar-refractivity contribution in [1.82, 2.24) is 10.2 Å². The number of carbonyl (C=O) groups is 1. The summed E-state index contributed by atoms with van der Waals surface area (Å²) in [5, 5.41) is 3.16. The van der Waals surface area contributed by atoms with Gasteiger partial charge in [-0.2, -0.15) is 0 Å². The van der Waals surface area contributed by atoms with Crippen molar-refractivity contribution in [2.45, 2.75) is 6.42 Å². The Bertz CT molecular complexity index is 265. The van der Waals surface area contributed by atoms with E-state index in [-0.39, 0.29) is 5.92 Å². The average molecular weight is 210 g/mol. The molecule has 3 heterocycles. The van der Waals surface area contributed by atoms with Crippen molar-refractivity contribution in [1.29, 1.82) is 0 Å². The van der Waals surface area contributed by atoms with Gasteiger partial charge < -0.3 is 15.0 Å². The Hall–Kier alpha value is -0.610. The molecule has 4 heteroatoms. The summed E-state index contributed by atoms with van der Waals surface area (Å²) < 4.78 is 5.47. The van der Waals surface area contributed by atoms with Crippen LogP contribution >= 0.6 is 0 Å². The number of ether oxygens (including phenoxy) is 1. The van der Waals surface area contributed by atoms with Crippen LogP contribution in [0.2, 0.25) is 0 Å². The first kappa shape index (κ1) is 9.60. The van der Waals surface area contributed by atoms with Crippen LogP contribution in [0.3, 0.4) is 0 Å². The van der Waals surface area contributed by atoms with E-state index in [1.807, 2.05) is 0 Å². The molecule has 1 N–H and O–H groups in total. The molecule has 0 aromatic carbocycles. The van der Waals surface area contributed by atoms with E-state index >= 15 is 0 Å². The van der Waals surface area contributed by atoms with Crippen LogP contribution in [0.25, 0.3) is 0 Å². The van der Waals surface area contributed by atoms with Gasteiger partial charge in [-0.15, -0.1) is 0 Å². The van der Waals surface area contributed by atoms with E-state index in [1.54, 1.807) is 0 Å². The monoisotopic (exact) mass is 210 g/mol. The van der Waals surface area contributed by atoms with E-state index in [0.29, 0.717) is 17.7 Å². The quantitative estimate of drug-likeness (QED) is 0.646. The Morgan fingerprint density at radius 3 is 2.80 bits per heavy atom. The number of carbonyl (C=O) groups excluding carboxylic acids is 1. The summed E-state index contributed by atoms with van der Waals surface area (Å²) in [5.41, 5.74) is 0. The Morgan fingerprint density at radius 1 is 1.27 bits per heavy atom. The van der Waals surface area contributed by atoms with Crippen molar-refractivity contribution in [2.24, 2.45) is 17.8 Å². The van der Waals surface area contributed by atoms with Gasteiger partial charge in [0.25, 0.3) is 0 Å². The number of amides is 1. The highest BCUT2D eigenvalue weighted by molar-refractivity contribution is 5.80. The third kappa shape index (κ3) is 1.66. The summed E-state index contributed by atoms with van der Waals surface area (Å²) in [5.74, 6) is 1.94. The van der Waals surface area contributed by atoms with Gasteiger partial charge in [-0.1, -0.05) is 0 Å². The molecule has 0 bridgehead atoms. The second kappa shape index (κ2) is 3.76. The van der Waals surface area contributed by atoms with Gasteiger partial charge >= 0.3 is 0 Å². The van der Waals surface area contributed by atoms with Gasteiger partial charge in [-0.05, 0) is 12.3 Å². The largest absolute Gasteiger partial charge is 0.381 e. The fourth-order valence-electron chi connectivity index (χ4n) is 2.78. The maximum absolute atomic E-state index is 12.0. The summed E-state index contributed by atoms with van der Waals surface area (Å²) in [4.78, 5) is 14.1. The molecule has 3 rings (SSSR count). The first-order valence-corrected chi connectivity index (χ1v) is 5.92. The molecule has 84 valence electrons. The zero-order valence-corrected chi connectivity index (χ0v) is 8.95. The minimum Gasteiger partial charge on any atom is -0.381 e.